The zero-order chi connectivity index (χ0) is 22.2. The van der Waals surface area contributed by atoms with Gasteiger partial charge in [-0.3, -0.25) is 4.79 Å². The van der Waals surface area contributed by atoms with Gasteiger partial charge in [-0.15, -0.1) is 0 Å². The van der Waals surface area contributed by atoms with Crippen molar-refractivity contribution in [3.8, 4) is 0 Å². The number of amides is 1. The lowest BCUT2D eigenvalue weighted by Gasteiger charge is -2.28. The fourth-order valence-electron chi connectivity index (χ4n) is 3.10. The van der Waals surface area contributed by atoms with Crippen LogP contribution in [0.4, 0.5) is 11.4 Å². The highest BCUT2D eigenvalue weighted by atomic mass is 16.5. The molecule has 0 bridgehead atoms. The lowest BCUT2D eigenvalue weighted by Crippen LogP contribution is -2.36. The SMILES string of the molecule is CC(C)OCc1ccc(C(=O)O[C@@H](C)C(=O)Nc2ccc(N3CCOCC3)cc2)cc1. The van der Waals surface area contributed by atoms with Crippen molar-refractivity contribution in [2.75, 3.05) is 36.5 Å². The summed E-state index contributed by atoms with van der Waals surface area (Å²) in [5, 5.41) is 2.79. The number of morpholine rings is 1. The van der Waals surface area contributed by atoms with E-state index in [0.29, 0.717) is 17.9 Å². The van der Waals surface area contributed by atoms with Crippen LogP contribution in [-0.4, -0.2) is 50.4 Å². The molecule has 166 valence electrons. The Morgan fingerprint density at radius 1 is 1.00 bits per heavy atom. The van der Waals surface area contributed by atoms with Crippen LogP contribution in [0.1, 0.15) is 36.7 Å². The minimum Gasteiger partial charge on any atom is -0.449 e. The fourth-order valence-corrected chi connectivity index (χ4v) is 3.10. The van der Waals surface area contributed by atoms with Crippen LogP contribution in [0.3, 0.4) is 0 Å². The smallest absolute Gasteiger partial charge is 0.338 e. The molecular formula is C24H30N2O5. The van der Waals surface area contributed by atoms with Crippen LogP contribution in [0.15, 0.2) is 48.5 Å². The first-order valence-electron chi connectivity index (χ1n) is 10.6. The molecule has 3 rings (SSSR count). The van der Waals surface area contributed by atoms with Crippen LogP contribution >= 0.6 is 0 Å². The average molecular weight is 427 g/mol. The maximum absolute atomic E-state index is 12.4. The van der Waals surface area contributed by atoms with E-state index in [1.165, 1.54) is 0 Å². The topological polar surface area (TPSA) is 77.1 Å². The number of nitrogens with one attached hydrogen (secondary N) is 1. The second kappa shape index (κ2) is 10.9. The summed E-state index contributed by atoms with van der Waals surface area (Å²) in [7, 11) is 0. The standard InChI is InChI=1S/C24H30N2O5/c1-17(2)30-16-19-4-6-20(7-5-19)24(28)31-18(3)23(27)25-21-8-10-22(11-9-21)26-12-14-29-15-13-26/h4-11,17-18H,12-16H2,1-3H3,(H,25,27)/t18-/m0/s1. The van der Waals surface area contributed by atoms with Crippen LogP contribution in [0.25, 0.3) is 0 Å². The van der Waals surface area contributed by atoms with Crippen LogP contribution in [0.2, 0.25) is 0 Å². The minimum atomic E-state index is -0.921. The molecule has 1 saturated heterocycles. The van der Waals surface area contributed by atoms with E-state index in [4.69, 9.17) is 14.2 Å². The van der Waals surface area contributed by atoms with E-state index in [1.54, 1.807) is 19.1 Å². The summed E-state index contributed by atoms with van der Waals surface area (Å²) in [6.45, 7) is 9.12. The summed E-state index contributed by atoms with van der Waals surface area (Å²) in [5.41, 5.74) is 3.10. The molecule has 31 heavy (non-hydrogen) atoms. The Balaban J connectivity index is 1.49. The third-order valence-electron chi connectivity index (χ3n) is 4.94. The molecular weight excluding hydrogens is 396 g/mol. The maximum atomic E-state index is 12.4. The first-order chi connectivity index (χ1) is 14.9. The van der Waals surface area contributed by atoms with E-state index < -0.39 is 12.1 Å². The average Bonchev–Trinajstić information content (AvgIpc) is 2.79. The highest BCUT2D eigenvalue weighted by molar-refractivity contribution is 5.97. The Hall–Kier alpha value is -2.90. The van der Waals surface area contributed by atoms with Gasteiger partial charge in [0, 0.05) is 24.5 Å². The number of hydrogen-bond acceptors (Lipinski definition) is 6. The lowest BCUT2D eigenvalue weighted by atomic mass is 10.1. The molecule has 0 aliphatic carbocycles. The summed E-state index contributed by atoms with van der Waals surface area (Å²) < 4.78 is 16.2. The molecule has 0 spiro atoms. The van der Waals surface area contributed by atoms with E-state index in [1.807, 2.05) is 50.2 Å². The van der Waals surface area contributed by atoms with Crippen molar-refractivity contribution in [3.05, 3.63) is 59.7 Å². The van der Waals surface area contributed by atoms with E-state index >= 15 is 0 Å². The van der Waals surface area contributed by atoms with E-state index in [9.17, 15) is 9.59 Å². The number of ether oxygens (including phenoxy) is 3. The number of nitrogens with zero attached hydrogens (tertiary/aromatic N) is 1. The fraction of sp³-hybridized carbons (Fsp3) is 0.417. The molecule has 1 N–H and O–H groups in total. The van der Waals surface area contributed by atoms with Crippen LogP contribution in [0, 0.1) is 0 Å². The number of esters is 1. The summed E-state index contributed by atoms with van der Waals surface area (Å²) in [6, 6.07) is 14.6. The molecule has 7 heteroatoms. The quantitative estimate of drug-likeness (QED) is 0.650. The van der Waals surface area contributed by atoms with Gasteiger partial charge in [0.15, 0.2) is 6.10 Å². The molecule has 1 aliphatic rings. The second-order valence-electron chi connectivity index (χ2n) is 7.74. The molecule has 1 aliphatic heterocycles. The van der Waals surface area contributed by atoms with Crippen molar-refractivity contribution < 1.29 is 23.8 Å². The minimum absolute atomic E-state index is 0.138. The van der Waals surface area contributed by atoms with Crippen LogP contribution in [-0.2, 0) is 25.6 Å². The lowest BCUT2D eigenvalue weighted by molar-refractivity contribution is -0.123. The third-order valence-corrected chi connectivity index (χ3v) is 4.94. The van der Waals surface area contributed by atoms with Gasteiger partial charge in [0.2, 0.25) is 0 Å². The van der Waals surface area contributed by atoms with Crippen molar-refractivity contribution in [1.82, 2.24) is 0 Å². The monoisotopic (exact) mass is 426 g/mol. The predicted octanol–water partition coefficient (Wildman–Crippen LogP) is 3.63. The molecule has 1 atom stereocenters. The largest absolute Gasteiger partial charge is 0.449 e. The van der Waals surface area contributed by atoms with Crippen molar-refractivity contribution in [2.24, 2.45) is 0 Å². The summed E-state index contributed by atoms with van der Waals surface area (Å²) in [4.78, 5) is 27.0. The van der Waals surface area contributed by atoms with Gasteiger partial charge in [-0.1, -0.05) is 12.1 Å². The predicted molar refractivity (Wildman–Crippen MR) is 119 cm³/mol. The number of rotatable bonds is 8. The molecule has 2 aromatic carbocycles. The number of carbonyl (C=O) groups is 2. The summed E-state index contributed by atoms with van der Waals surface area (Å²) in [6.07, 6.45) is -0.782. The third kappa shape index (κ3) is 6.80. The molecule has 1 amide bonds. The van der Waals surface area contributed by atoms with Gasteiger partial charge in [-0.05, 0) is 62.7 Å². The van der Waals surface area contributed by atoms with Gasteiger partial charge in [0.1, 0.15) is 0 Å². The maximum Gasteiger partial charge on any atom is 0.338 e. The van der Waals surface area contributed by atoms with Crippen molar-refractivity contribution >= 4 is 23.3 Å². The zero-order valence-corrected chi connectivity index (χ0v) is 18.3. The summed E-state index contributed by atoms with van der Waals surface area (Å²) >= 11 is 0. The van der Waals surface area contributed by atoms with Gasteiger partial charge >= 0.3 is 5.97 Å². The molecule has 7 nitrogen and oxygen atoms in total. The Labute approximate surface area is 183 Å². The Morgan fingerprint density at radius 2 is 1.65 bits per heavy atom. The summed E-state index contributed by atoms with van der Waals surface area (Å²) in [5.74, 6) is -0.920. The first-order valence-corrected chi connectivity index (χ1v) is 10.6. The van der Waals surface area contributed by atoms with Crippen molar-refractivity contribution in [3.63, 3.8) is 0 Å². The van der Waals surface area contributed by atoms with Crippen LogP contribution in [0.5, 0.6) is 0 Å². The highest BCUT2D eigenvalue weighted by Crippen LogP contribution is 2.19. The Kier molecular flexibility index (Phi) is 8.03. The van der Waals surface area contributed by atoms with E-state index in [-0.39, 0.29) is 12.0 Å². The molecule has 0 aromatic heterocycles. The Morgan fingerprint density at radius 3 is 2.26 bits per heavy atom. The molecule has 0 unspecified atom stereocenters. The van der Waals surface area contributed by atoms with Gasteiger partial charge in [-0.2, -0.15) is 0 Å². The van der Waals surface area contributed by atoms with Crippen molar-refractivity contribution in [1.29, 1.82) is 0 Å². The number of hydrogen-bond donors (Lipinski definition) is 1. The van der Waals surface area contributed by atoms with Gasteiger partial charge in [-0.25, -0.2) is 4.79 Å². The van der Waals surface area contributed by atoms with Gasteiger partial charge in [0.05, 0.1) is 31.5 Å². The molecule has 0 saturated carbocycles. The molecule has 2 aromatic rings. The van der Waals surface area contributed by atoms with E-state index in [2.05, 4.69) is 10.2 Å². The first kappa shape index (κ1) is 22.8. The zero-order valence-electron chi connectivity index (χ0n) is 18.3. The van der Waals surface area contributed by atoms with Gasteiger partial charge < -0.3 is 24.4 Å². The van der Waals surface area contributed by atoms with E-state index in [0.717, 1.165) is 37.6 Å². The van der Waals surface area contributed by atoms with Gasteiger partial charge in [0.25, 0.3) is 5.91 Å². The second-order valence-corrected chi connectivity index (χ2v) is 7.74. The molecule has 1 fully saturated rings. The normalized spacial score (nSPS) is 14.9. The van der Waals surface area contributed by atoms with Crippen LogP contribution < -0.4 is 10.2 Å². The Bertz CT molecular complexity index is 859. The number of benzene rings is 2. The molecule has 1 heterocycles. The van der Waals surface area contributed by atoms with Crippen molar-refractivity contribution in [2.45, 2.75) is 39.6 Å². The number of carbonyl (C=O) groups excluding carboxylic acids is 2. The highest BCUT2D eigenvalue weighted by Gasteiger charge is 2.19. The molecule has 0 radical (unpaired) electrons. The number of anilines is 2.